The highest BCUT2D eigenvalue weighted by Crippen LogP contribution is 2.26. The second kappa shape index (κ2) is 5.86. The zero-order valence-corrected chi connectivity index (χ0v) is 12.8. The van der Waals surface area contributed by atoms with Crippen LogP contribution in [0.4, 0.5) is 11.4 Å². The van der Waals surface area contributed by atoms with Crippen molar-refractivity contribution in [3.8, 4) is 5.88 Å². The van der Waals surface area contributed by atoms with Crippen LogP contribution in [0.5, 0.6) is 5.88 Å². The molecular formula is C15H22N4O. The van der Waals surface area contributed by atoms with Gasteiger partial charge in [-0.2, -0.15) is 5.10 Å². The van der Waals surface area contributed by atoms with E-state index in [1.807, 2.05) is 40.2 Å². The molecule has 1 aromatic heterocycles. The van der Waals surface area contributed by atoms with Crippen LogP contribution in [0.2, 0.25) is 0 Å². The summed E-state index contributed by atoms with van der Waals surface area (Å²) >= 11 is 0. The van der Waals surface area contributed by atoms with Crippen LogP contribution in [0.1, 0.15) is 11.3 Å². The standard InChI is InChI=1S/C15H22N4O/c1-11-12(15(20-5)19(4)17-11)10-16-13-8-6-7-9-14(13)18(2)3/h6-9,16H,10H2,1-5H3. The molecule has 0 atom stereocenters. The lowest BCUT2D eigenvalue weighted by atomic mass is 10.2. The Morgan fingerprint density at radius 1 is 1.30 bits per heavy atom. The fraction of sp³-hybridized carbons (Fsp3) is 0.400. The van der Waals surface area contributed by atoms with Crippen molar-refractivity contribution in [3.63, 3.8) is 0 Å². The maximum atomic E-state index is 5.41. The predicted octanol–water partition coefficient (Wildman–Crippen LogP) is 2.42. The third-order valence-electron chi connectivity index (χ3n) is 3.32. The molecule has 5 heteroatoms. The zero-order valence-electron chi connectivity index (χ0n) is 12.8. The van der Waals surface area contributed by atoms with Gasteiger partial charge in [0.25, 0.3) is 0 Å². The van der Waals surface area contributed by atoms with Gasteiger partial charge >= 0.3 is 0 Å². The lowest BCUT2D eigenvalue weighted by Crippen LogP contribution is -2.12. The fourth-order valence-electron chi connectivity index (χ4n) is 2.34. The topological polar surface area (TPSA) is 42.3 Å². The molecule has 2 rings (SSSR count). The summed E-state index contributed by atoms with van der Waals surface area (Å²) in [6.07, 6.45) is 0. The molecule has 0 aliphatic heterocycles. The Morgan fingerprint density at radius 2 is 2.00 bits per heavy atom. The van der Waals surface area contributed by atoms with Crippen molar-refractivity contribution >= 4 is 11.4 Å². The van der Waals surface area contributed by atoms with Crippen LogP contribution in [-0.2, 0) is 13.6 Å². The smallest absolute Gasteiger partial charge is 0.216 e. The van der Waals surface area contributed by atoms with Gasteiger partial charge in [0, 0.05) is 27.7 Å². The summed E-state index contributed by atoms with van der Waals surface area (Å²) in [6.45, 7) is 2.69. The molecule has 0 amide bonds. The van der Waals surface area contributed by atoms with Gasteiger partial charge in [-0.3, -0.25) is 0 Å². The number of aryl methyl sites for hydroxylation is 2. The molecule has 0 radical (unpaired) electrons. The van der Waals surface area contributed by atoms with Crippen LogP contribution >= 0.6 is 0 Å². The van der Waals surface area contributed by atoms with Gasteiger partial charge in [-0.25, -0.2) is 4.68 Å². The molecule has 2 aromatic rings. The second-order valence-electron chi connectivity index (χ2n) is 4.96. The van der Waals surface area contributed by atoms with Crippen LogP contribution in [-0.4, -0.2) is 31.0 Å². The van der Waals surface area contributed by atoms with Crippen molar-refractivity contribution < 1.29 is 4.74 Å². The molecule has 20 heavy (non-hydrogen) atoms. The third-order valence-corrected chi connectivity index (χ3v) is 3.32. The van der Waals surface area contributed by atoms with Crippen molar-refractivity contribution in [1.29, 1.82) is 0 Å². The molecule has 0 spiro atoms. The molecule has 0 saturated heterocycles. The number of rotatable bonds is 5. The first kappa shape index (κ1) is 14.2. The predicted molar refractivity (Wildman–Crippen MR) is 82.6 cm³/mol. The number of hydrogen-bond donors (Lipinski definition) is 1. The Bertz CT molecular complexity index is 590. The highest BCUT2D eigenvalue weighted by molar-refractivity contribution is 5.69. The zero-order chi connectivity index (χ0) is 14.7. The number of aromatic nitrogens is 2. The minimum Gasteiger partial charge on any atom is -0.481 e. The molecule has 0 saturated carbocycles. The molecule has 1 aromatic carbocycles. The van der Waals surface area contributed by atoms with E-state index in [4.69, 9.17) is 4.74 Å². The highest BCUT2D eigenvalue weighted by atomic mass is 16.5. The maximum absolute atomic E-state index is 5.41. The molecule has 5 nitrogen and oxygen atoms in total. The average Bonchev–Trinajstić information content (AvgIpc) is 2.70. The number of para-hydroxylation sites is 2. The van der Waals surface area contributed by atoms with Crippen LogP contribution in [0.15, 0.2) is 24.3 Å². The molecule has 1 N–H and O–H groups in total. The van der Waals surface area contributed by atoms with E-state index in [0.29, 0.717) is 6.54 Å². The van der Waals surface area contributed by atoms with E-state index in [-0.39, 0.29) is 0 Å². The Morgan fingerprint density at radius 3 is 2.65 bits per heavy atom. The van der Waals surface area contributed by atoms with Crippen LogP contribution in [0.25, 0.3) is 0 Å². The van der Waals surface area contributed by atoms with Gasteiger partial charge < -0.3 is 15.0 Å². The first-order chi connectivity index (χ1) is 9.54. The van der Waals surface area contributed by atoms with E-state index < -0.39 is 0 Å². The van der Waals surface area contributed by atoms with Crippen molar-refractivity contribution in [2.75, 3.05) is 31.4 Å². The summed E-state index contributed by atoms with van der Waals surface area (Å²) < 4.78 is 7.18. The first-order valence-corrected chi connectivity index (χ1v) is 6.61. The maximum Gasteiger partial charge on any atom is 0.216 e. The lowest BCUT2D eigenvalue weighted by Gasteiger charge is -2.18. The second-order valence-corrected chi connectivity index (χ2v) is 4.96. The largest absolute Gasteiger partial charge is 0.481 e. The molecule has 1 heterocycles. The van der Waals surface area contributed by atoms with Crippen molar-refractivity contribution in [2.45, 2.75) is 13.5 Å². The van der Waals surface area contributed by atoms with Crippen LogP contribution in [0.3, 0.4) is 0 Å². The minimum absolute atomic E-state index is 0.688. The summed E-state index contributed by atoms with van der Waals surface area (Å²) in [7, 11) is 7.64. The number of ether oxygens (including phenoxy) is 1. The van der Waals surface area contributed by atoms with Gasteiger partial charge in [-0.15, -0.1) is 0 Å². The van der Waals surface area contributed by atoms with Gasteiger partial charge in [-0.05, 0) is 19.1 Å². The summed E-state index contributed by atoms with van der Waals surface area (Å²) in [4.78, 5) is 2.09. The summed E-state index contributed by atoms with van der Waals surface area (Å²) in [5, 5.41) is 7.86. The fourth-order valence-corrected chi connectivity index (χ4v) is 2.34. The monoisotopic (exact) mass is 274 g/mol. The van der Waals surface area contributed by atoms with Gasteiger partial charge in [-0.1, -0.05) is 12.1 Å². The van der Waals surface area contributed by atoms with E-state index in [1.165, 1.54) is 0 Å². The Hall–Kier alpha value is -2.17. The van der Waals surface area contributed by atoms with Crippen molar-refractivity contribution in [1.82, 2.24) is 9.78 Å². The molecule has 108 valence electrons. The van der Waals surface area contributed by atoms with E-state index in [2.05, 4.69) is 27.4 Å². The van der Waals surface area contributed by atoms with E-state index in [1.54, 1.807) is 11.8 Å². The van der Waals surface area contributed by atoms with E-state index in [0.717, 1.165) is 28.5 Å². The molecule has 0 fully saturated rings. The number of anilines is 2. The van der Waals surface area contributed by atoms with Gasteiger partial charge in [0.1, 0.15) is 0 Å². The van der Waals surface area contributed by atoms with E-state index in [9.17, 15) is 0 Å². The Labute approximate surface area is 120 Å². The quantitative estimate of drug-likeness (QED) is 0.909. The van der Waals surface area contributed by atoms with Crippen molar-refractivity contribution in [3.05, 3.63) is 35.5 Å². The highest BCUT2D eigenvalue weighted by Gasteiger charge is 2.14. The molecule has 0 aliphatic rings. The average molecular weight is 274 g/mol. The molecule has 0 aliphatic carbocycles. The van der Waals surface area contributed by atoms with Crippen LogP contribution in [0, 0.1) is 6.92 Å². The first-order valence-electron chi connectivity index (χ1n) is 6.61. The van der Waals surface area contributed by atoms with E-state index >= 15 is 0 Å². The Balaban J connectivity index is 2.21. The summed E-state index contributed by atoms with van der Waals surface area (Å²) in [5.41, 5.74) is 4.33. The number of methoxy groups -OCH3 is 1. The van der Waals surface area contributed by atoms with Gasteiger partial charge in [0.2, 0.25) is 5.88 Å². The third kappa shape index (κ3) is 2.71. The van der Waals surface area contributed by atoms with Gasteiger partial charge in [0.05, 0.1) is 29.7 Å². The summed E-state index contributed by atoms with van der Waals surface area (Å²) in [6, 6.07) is 8.24. The molecule has 0 bridgehead atoms. The molecular weight excluding hydrogens is 252 g/mol. The van der Waals surface area contributed by atoms with Gasteiger partial charge in [0.15, 0.2) is 0 Å². The lowest BCUT2D eigenvalue weighted by molar-refractivity contribution is 0.370. The van der Waals surface area contributed by atoms with Crippen molar-refractivity contribution in [2.24, 2.45) is 7.05 Å². The number of hydrogen-bond acceptors (Lipinski definition) is 4. The molecule has 0 unspecified atom stereocenters. The minimum atomic E-state index is 0.688. The summed E-state index contributed by atoms with van der Waals surface area (Å²) in [5.74, 6) is 0.803. The SMILES string of the molecule is COc1c(CNc2ccccc2N(C)C)c(C)nn1C. The Kier molecular flexibility index (Phi) is 4.17. The normalized spacial score (nSPS) is 10.4. The van der Waals surface area contributed by atoms with Crippen LogP contribution < -0.4 is 15.0 Å². The number of benzene rings is 1. The number of nitrogens with zero attached hydrogens (tertiary/aromatic N) is 3. The number of nitrogens with one attached hydrogen (secondary N) is 1.